The smallest absolute Gasteiger partial charge is 0.312 e. The molecule has 0 aromatic carbocycles. The summed E-state index contributed by atoms with van der Waals surface area (Å²) in [5.74, 6) is -0.00193. The SMILES string of the molecule is COc1nc(CC(=O)OC(C)(C)C)cnc1CN. The molecule has 100 valence electrons. The van der Waals surface area contributed by atoms with E-state index < -0.39 is 5.60 Å². The average molecular weight is 253 g/mol. The van der Waals surface area contributed by atoms with Crippen LogP contribution >= 0.6 is 0 Å². The molecule has 0 aliphatic heterocycles. The first kappa shape index (κ1) is 14.4. The fraction of sp³-hybridized carbons (Fsp3) is 0.583. The van der Waals surface area contributed by atoms with Gasteiger partial charge in [0, 0.05) is 12.7 Å². The molecule has 0 saturated heterocycles. The van der Waals surface area contributed by atoms with Gasteiger partial charge in [0.05, 0.1) is 19.2 Å². The first-order chi connectivity index (χ1) is 8.35. The van der Waals surface area contributed by atoms with Gasteiger partial charge in [-0.15, -0.1) is 0 Å². The fourth-order valence-corrected chi connectivity index (χ4v) is 1.35. The number of nitrogens with two attached hydrogens (primary N) is 1. The van der Waals surface area contributed by atoms with E-state index in [9.17, 15) is 4.79 Å². The summed E-state index contributed by atoms with van der Waals surface area (Å²) < 4.78 is 10.3. The Morgan fingerprint density at radius 3 is 2.61 bits per heavy atom. The molecule has 6 heteroatoms. The lowest BCUT2D eigenvalue weighted by Gasteiger charge is -2.19. The Bertz CT molecular complexity index is 427. The lowest BCUT2D eigenvalue weighted by Crippen LogP contribution is -2.25. The highest BCUT2D eigenvalue weighted by atomic mass is 16.6. The molecule has 18 heavy (non-hydrogen) atoms. The zero-order valence-electron chi connectivity index (χ0n) is 11.2. The number of methoxy groups -OCH3 is 1. The van der Waals surface area contributed by atoms with Crippen molar-refractivity contribution >= 4 is 5.97 Å². The van der Waals surface area contributed by atoms with Crippen LogP contribution in [0.1, 0.15) is 32.2 Å². The number of nitrogens with zero attached hydrogens (tertiary/aromatic N) is 2. The molecule has 6 nitrogen and oxygen atoms in total. The van der Waals surface area contributed by atoms with Gasteiger partial charge in [0.15, 0.2) is 0 Å². The summed E-state index contributed by atoms with van der Waals surface area (Å²) in [6.07, 6.45) is 1.57. The topological polar surface area (TPSA) is 87.3 Å². The molecule has 0 aliphatic rings. The van der Waals surface area contributed by atoms with Crippen LogP contribution in [0.2, 0.25) is 0 Å². The van der Waals surface area contributed by atoms with Crippen molar-refractivity contribution in [3.05, 3.63) is 17.6 Å². The Balaban J connectivity index is 2.76. The molecule has 2 N–H and O–H groups in total. The van der Waals surface area contributed by atoms with Gasteiger partial charge in [-0.1, -0.05) is 0 Å². The Labute approximate surface area is 107 Å². The van der Waals surface area contributed by atoms with Crippen molar-refractivity contribution in [2.75, 3.05) is 7.11 Å². The van der Waals surface area contributed by atoms with Crippen LogP contribution in [0.25, 0.3) is 0 Å². The van der Waals surface area contributed by atoms with Crippen molar-refractivity contribution in [2.24, 2.45) is 5.73 Å². The number of rotatable bonds is 4. The molecular weight excluding hydrogens is 234 g/mol. The molecular formula is C12H19N3O3. The van der Waals surface area contributed by atoms with Gasteiger partial charge < -0.3 is 15.2 Å². The molecule has 1 rings (SSSR count). The van der Waals surface area contributed by atoms with Gasteiger partial charge in [0.2, 0.25) is 5.88 Å². The van der Waals surface area contributed by atoms with Crippen LogP contribution in [0.3, 0.4) is 0 Å². The van der Waals surface area contributed by atoms with Crippen LogP contribution < -0.4 is 10.5 Å². The van der Waals surface area contributed by atoms with E-state index in [4.69, 9.17) is 15.2 Å². The third-order valence-corrected chi connectivity index (χ3v) is 1.99. The summed E-state index contributed by atoms with van der Waals surface area (Å²) >= 11 is 0. The third kappa shape index (κ3) is 4.29. The second-order valence-corrected chi connectivity index (χ2v) is 4.78. The molecule has 0 saturated carbocycles. The zero-order valence-corrected chi connectivity index (χ0v) is 11.2. The maximum atomic E-state index is 11.6. The monoisotopic (exact) mass is 253 g/mol. The minimum atomic E-state index is -0.508. The maximum absolute atomic E-state index is 11.6. The van der Waals surface area contributed by atoms with E-state index in [1.165, 1.54) is 13.3 Å². The maximum Gasteiger partial charge on any atom is 0.312 e. The highest BCUT2D eigenvalue weighted by Crippen LogP contribution is 2.14. The number of carbonyl (C=O) groups excluding carboxylic acids is 1. The summed E-state index contributed by atoms with van der Waals surface area (Å²) in [5.41, 5.74) is 6.04. The van der Waals surface area contributed by atoms with Gasteiger partial charge >= 0.3 is 5.97 Å². The van der Waals surface area contributed by atoms with E-state index in [1.807, 2.05) is 20.8 Å². The van der Waals surface area contributed by atoms with Crippen molar-refractivity contribution in [3.63, 3.8) is 0 Å². The van der Waals surface area contributed by atoms with Crippen molar-refractivity contribution < 1.29 is 14.3 Å². The predicted molar refractivity (Wildman–Crippen MR) is 66.0 cm³/mol. The molecule has 0 radical (unpaired) electrons. The molecule has 1 aromatic heterocycles. The quantitative estimate of drug-likeness (QED) is 0.800. The van der Waals surface area contributed by atoms with Crippen molar-refractivity contribution in [1.82, 2.24) is 9.97 Å². The molecule has 0 spiro atoms. The van der Waals surface area contributed by atoms with Gasteiger partial charge in [-0.2, -0.15) is 0 Å². The second-order valence-electron chi connectivity index (χ2n) is 4.78. The fourth-order valence-electron chi connectivity index (χ4n) is 1.35. The molecule has 0 bridgehead atoms. The number of esters is 1. The molecule has 0 fully saturated rings. The average Bonchev–Trinajstić information content (AvgIpc) is 2.26. The van der Waals surface area contributed by atoms with E-state index in [0.717, 1.165) is 0 Å². The van der Waals surface area contributed by atoms with Gasteiger partial charge in [-0.3, -0.25) is 9.78 Å². The second kappa shape index (κ2) is 5.77. The van der Waals surface area contributed by atoms with Gasteiger partial charge in [-0.25, -0.2) is 4.98 Å². The van der Waals surface area contributed by atoms with Crippen LogP contribution in [-0.4, -0.2) is 28.6 Å². The van der Waals surface area contributed by atoms with Crippen LogP contribution in [0.15, 0.2) is 6.20 Å². The molecule has 0 unspecified atom stereocenters. The molecule has 0 atom stereocenters. The zero-order chi connectivity index (χ0) is 13.8. The van der Waals surface area contributed by atoms with E-state index in [0.29, 0.717) is 17.3 Å². The van der Waals surface area contributed by atoms with E-state index in [-0.39, 0.29) is 18.9 Å². The largest absolute Gasteiger partial charge is 0.480 e. The molecule has 1 aromatic rings. The number of aromatic nitrogens is 2. The normalized spacial score (nSPS) is 11.2. The lowest BCUT2D eigenvalue weighted by atomic mass is 10.2. The van der Waals surface area contributed by atoms with Crippen LogP contribution in [0.5, 0.6) is 5.88 Å². The van der Waals surface area contributed by atoms with Gasteiger partial charge in [-0.05, 0) is 20.8 Å². The molecule has 0 aliphatic carbocycles. The van der Waals surface area contributed by atoms with Crippen molar-refractivity contribution in [3.8, 4) is 5.88 Å². The van der Waals surface area contributed by atoms with Crippen LogP contribution in [-0.2, 0) is 22.5 Å². The Morgan fingerprint density at radius 2 is 2.11 bits per heavy atom. The standard InChI is InChI=1S/C12H19N3O3/c1-12(2,3)18-10(16)5-8-7-14-9(6-13)11(15-8)17-4/h7H,5-6,13H2,1-4H3. The summed E-state index contributed by atoms with van der Waals surface area (Å²) in [6, 6.07) is 0. The molecule has 1 heterocycles. The number of hydrogen-bond acceptors (Lipinski definition) is 6. The number of carbonyl (C=O) groups is 1. The summed E-state index contributed by atoms with van der Waals surface area (Å²) in [4.78, 5) is 19.9. The third-order valence-electron chi connectivity index (χ3n) is 1.99. The van der Waals surface area contributed by atoms with Gasteiger partial charge in [0.25, 0.3) is 0 Å². The van der Waals surface area contributed by atoms with Crippen LogP contribution in [0, 0.1) is 0 Å². The first-order valence-electron chi connectivity index (χ1n) is 5.66. The van der Waals surface area contributed by atoms with E-state index in [1.54, 1.807) is 0 Å². The highest BCUT2D eigenvalue weighted by Gasteiger charge is 2.17. The van der Waals surface area contributed by atoms with E-state index in [2.05, 4.69) is 9.97 Å². The number of hydrogen-bond donors (Lipinski definition) is 1. The number of ether oxygens (including phenoxy) is 2. The Hall–Kier alpha value is -1.69. The van der Waals surface area contributed by atoms with Crippen molar-refractivity contribution in [2.45, 2.75) is 39.3 Å². The lowest BCUT2D eigenvalue weighted by molar-refractivity contribution is -0.154. The van der Waals surface area contributed by atoms with Crippen LogP contribution in [0.4, 0.5) is 0 Å². The van der Waals surface area contributed by atoms with Gasteiger partial charge in [0.1, 0.15) is 11.3 Å². The Morgan fingerprint density at radius 1 is 1.44 bits per heavy atom. The first-order valence-corrected chi connectivity index (χ1v) is 5.66. The minimum absolute atomic E-state index is 0.0610. The summed E-state index contributed by atoms with van der Waals surface area (Å²) in [6.45, 7) is 5.68. The molecule has 0 amide bonds. The Kier molecular flexibility index (Phi) is 4.61. The summed E-state index contributed by atoms with van der Waals surface area (Å²) in [7, 11) is 1.49. The minimum Gasteiger partial charge on any atom is -0.480 e. The van der Waals surface area contributed by atoms with Crippen molar-refractivity contribution in [1.29, 1.82) is 0 Å². The highest BCUT2D eigenvalue weighted by molar-refractivity contribution is 5.72. The van der Waals surface area contributed by atoms with E-state index >= 15 is 0 Å². The summed E-state index contributed by atoms with van der Waals surface area (Å²) in [5, 5.41) is 0. The predicted octanol–water partition coefficient (Wildman–Crippen LogP) is 0.828.